The molecule has 0 aliphatic carbocycles. The highest BCUT2D eigenvalue weighted by atomic mass is 19.1. The van der Waals surface area contributed by atoms with Gasteiger partial charge in [-0.25, -0.2) is 9.18 Å². The van der Waals surface area contributed by atoms with Gasteiger partial charge in [0, 0.05) is 45.7 Å². The summed E-state index contributed by atoms with van der Waals surface area (Å²) < 4.78 is 17.8. The van der Waals surface area contributed by atoms with E-state index >= 15 is 0 Å². The third kappa shape index (κ3) is 5.81. The van der Waals surface area contributed by atoms with E-state index in [0.717, 1.165) is 18.7 Å². The van der Waals surface area contributed by atoms with Gasteiger partial charge in [0.1, 0.15) is 5.82 Å². The van der Waals surface area contributed by atoms with Crippen LogP contribution in [0.15, 0.2) is 24.3 Å². The quantitative estimate of drug-likeness (QED) is 0.857. The highest BCUT2D eigenvalue weighted by Crippen LogP contribution is 2.05. The molecular formula is C17H24FN3O3. The Kier molecular flexibility index (Phi) is 6.99. The Labute approximate surface area is 141 Å². The summed E-state index contributed by atoms with van der Waals surface area (Å²) in [7, 11) is 0. The number of amides is 2. The Balaban J connectivity index is 1.62. The number of piperazine rings is 1. The van der Waals surface area contributed by atoms with E-state index in [0.29, 0.717) is 39.2 Å². The molecule has 2 amide bonds. The molecule has 132 valence electrons. The lowest BCUT2D eigenvalue weighted by Crippen LogP contribution is -2.49. The number of ether oxygens (including phenoxy) is 1. The SMILES string of the molecule is CCOC(=O)N1CCN(CCC(=O)NCc2ccc(F)cc2)CC1. The van der Waals surface area contributed by atoms with Crippen molar-refractivity contribution in [1.82, 2.24) is 15.1 Å². The van der Waals surface area contributed by atoms with E-state index in [1.807, 2.05) is 0 Å². The summed E-state index contributed by atoms with van der Waals surface area (Å²) in [6.45, 7) is 5.95. The molecule has 1 aliphatic heterocycles. The summed E-state index contributed by atoms with van der Waals surface area (Å²) >= 11 is 0. The Hall–Kier alpha value is -2.15. The van der Waals surface area contributed by atoms with E-state index in [2.05, 4.69) is 10.2 Å². The summed E-state index contributed by atoms with van der Waals surface area (Å²) in [4.78, 5) is 27.3. The van der Waals surface area contributed by atoms with Crippen LogP contribution >= 0.6 is 0 Å². The van der Waals surface area contributed by atoms with Crippen molar-refractivity contribution < 1.29 is 18.7 Å². The zero-order valence-corrected chi connectivity index (χ0v) is 14.0. The summed E-state index contributed by atoms with van der Waals surface area (Å²) in [6.07, 6.45) is 0.134. The summed E-state index contributed by atoms with van der Waals surface area (Å²) in [5.74, 6) is -0.320. The Morgan fingerprint density at radius 2 is 1.83 bits per heavy atom. The highest BCUT2D eigenvalue weighted by molar-refractivity contribution is 5.76. The van der Waals surface area contributed by atoms with E-state index in [9.17, 15) is 14.0 Å². The zero-order valence-electron chi connectivity index (χ0n) is 14.0. The van der Waals surface area contributed by atoms with Crippen LogP contribution < -0.4 is 5.32 Å². The molecule has 6 nitrogen and oxygen atoms in total. The molecule has 24 heavy (non-hydrogen) atoms. The lowest BCUT2D eigenvalue weighted by Gasteiger charge is -2.33. The Morgan fingerprint density at radius 3 is 2.46 bits per heavy atom. The van der Waals surface area contributed by atoms with Gasteiger partial charge in [-0.1, -0.05) is 12.1 Å². The predicted octanol–water partition coefficient (Wildman–Crippen LogP) is 1.61. The fourth-order valence-corrected chi connectivity index (χ4v) is 2.52. The van der Waals surface area contributed by atoms with Gasteiger partial charge in [-0.2, -0.15) is 0 Å². The maximum atomic E-state index is 12.8. The van der Waals surface area contributed by atoms with Gasteiger partial charge in [-0.05, 0) is 24.6 Å². The number of nitrogens with zero attached hydrogens (tertiary/aromatic N) is 2. The van der Waals surface area contributed by atoms with Crippen LogP contribution in [-0.4, -0.2) is 61.1 Å². The molecule has 1 aromatic rings. The Morgan fingerprint density at radius 1 is 1.17 bits per heavy atom. The normalized spacial score (nSPS) is 15.2. The molecule has 0 spiro atoms. The standard InChI is InChI=1S/C17H24FN3O3/c1-2-24-17(23)21-11-9-20(10-12-21)8-7-16(22)19-13-14-3-5-15(18)6-4-14/h3-6H,2,7-13H2,1H3,(H,19,22). The van der Waals surface area contributed by atoms with Crippen molar-refractivity contribution in [3.05, 3.63) is 35.6 Å². The smallest absolute Gasteiger partial charge is 0.409 e. The topological polar surface area (TPSA) is 61.9 Å². The number of hydrogen-bond donors (Lipinski definition) is 1. The molecule has 0 atom stereocenters. The second-order valence-corrected chi connectivity index (χ2v) is 5.68. The molecule has 0 bridgehead atoms. The molecule has 1 fully saturated rings. The van der Waals surface area contributed by atoms with Crippen LogP contribution in [-0.2, 0) is 16.1 Å². The maximum absolute atomic E-state index is 12.8. The fraction of sp³-hybridized carbons (Fsp3) is 0.529. The van der Waals surface area contributed by atoms with Gasteiger partial charge in [0.2, 0.25) is 5.91 Å². The molecule has 1 aliphatic rings. The number of hydrogen-bond acceptors (Lipinski definition) is 4. The van der Waals surface area contributed by atoms with Crippen LogP contribution in [0.5, 0.6) is 0 Å². The summed E-state index contributed by atoms with van der Waals surface area (Å²) in [5, 5.41) is 2.83. The van der Waals surface area contributed by atoms with Crippen molar-refractivity contribution in [2.75, 3.05) is 39.3 Å². The molecule has 1 N–H and O–H groups in total. The van der Waals surface area contributed by atoms with Crippen molar-refractivity contribution in [1.29, 1.82) is 0 Å². The Bertz CT molecular complexity index is 543. The second-order valence-electron chi connectivity index (χ2n) is 5.68. The number of carbonyl (C=O) groups excluding carboxylic acids is 2. The third-order valence-electron chi connectivity index (χ3n) is 3.96. The molecule has 1 saturated heterocycles. The first-order valence-electron chi connectivity index (χ1n) is 8.23. The van der Waals surface area contributed by atoms with E-state index in [4.69, 9.17) is 4.74 Å². The maximum Gasteiger partial charge on any atom is 0.409 e. The molecule has 0 unspecified atom stereocenters. The van der Waals surface area contributed by atoms with E-state index in [1.54, 1.807) is 24.0 Å². The molecule has 0 saturated carbocycles. The summed E-state index contributed by atoms with van der Waals surface area (Å²) in [6, 6.07) is 6.07. The van der Waals surface area contributed by atoms with E-state index in [1.165, 1.54) is 12.1 Å². The van der Waals surface area contributed by atoms with Gasteiger partial charge >= 0.3 is 6.09 Å². The average molecular weight is 337 g/mol. The van der Waals surface area contributed by atoms with E-state index in [-0.39, 0.29) is 17.8 Å². The van der Waals surface area contributed by atoms with Crippen molar-refractivity contribution in [3.8, 4) is 0 Å². The summed E-state index contributed by atoms with van der Waals surface area (Å²) in [5.41, 5.74) is 0.868. The first-order chi connectivity index (χ1) is 11.6. The molecule has 1 aromatic carbocycles. The lowest BCUT2D eigenvalue weighted by atomic mass is 10.2. The number of halogens is 1. The van der Waals surface area contributed by atoms with Crippen LogP contribution in [0, 0.1) is 5.82 Å². The molecule has 1 heterocycles. The largest absolute Gasteiger partial charge is 0.450 e. The van der Waals surface area contributed by atoms with Gasteiger partial charge in [0.25, 0.3) is 0 Å². The first-order valence-corrected chi connectivity index (χ1v) is 8.23. The van der Waals surface area contributed by atoms with Gasteiger partial charge in [-0.3, -0.25) is 9.69 Å². The zero-order chi connectivity index (χ0) is 17.4. The average Bonchev–Trinajstić information content (AvgIpc) is 2.60. The monoisotopic (exact) mass is 337 g/mol. The van der Waals surface area contributed by atoms with Crippen molar-refractivity contribution >= 4 is 12.0 Å². The van der Waals surface area contributed by atoms with Crippen LogP contribution in [0.3, 0.4) is 0 Å². The molecule has 7 heteroatoms. The first kappa shape index (κ1) is 18.2. The fourth-order valence-electron chi connectivity index (χ4n) is 2.52. The minimum absolute atomic E-state index is 0.0350. The van der Waals surface area contributed by atoms with Crippen LogP contribution in [0.2, 0.25) is 0 Å². The van der Waals surface area contributed by atoms with Crippen LogP contribution in [0.25, 0.3) is 0 Å². The van der Waals surface area contributed by atoms with Gasteiger partial charge in [0.15, 0.2) is 0 Å². The second kappa shape index (κ2) is 9.22. The number of benzene rings is 1. The van der Waals surface area contributed by atoms with Gasteiger partial charge < -0.3 is 15.0 Å². The van der Waals surface area contributed by atoms with Gasteiger partial charge in [-0.15, -0.1) is 0 Å². The number of nitrogens with one attached hydrogen (secondary N) is 1. The van der Waals surface area contributed by atoms with Crippen molar-refractivity contribution in [2.45, 2.75) is 19.9 Å². The van der Waals surface area contributed by atoms with E-state index < -0.39 is 0 Å². The number of carbonyl (C=O) groups is 2. The molecule has 0 aromatic heterocycles. The van der Waals surface area contributed by atoms with Crippen LogP contribution in [0.4, 0.5) is 9.18 Å². The minimum Gasteiger partial charge on any atom is -0.450 e. The van der Waals surface area contributed by atoms with Crippen LogP contribution in [0.1, 0.15) is 18.9 Å². The molecule has 0 radical (unpaired) electrons. The lowest BCUT2D eigenvalue weighted by molar-refractivity contribution is -0.121. The van der Waals surface area contributed by atoms with Crippen molar-refractivity contribution in [2.24, 2.45) is 0 Å². The van der Waals surface area contributed by atoms with Gasteiger partial charge in [0.05, 0.1) is 6.61 Å². The molecule has 2 rings (SSSR count). The minimum atomic E-state index is -0.285. The predicted molar refractivity (Wildman–Crippen MR) is 87.9 cm³/mol. The van der Waals surface area contributed by atoms with Crippen molar-refractivity contribution in [3.63, 3.8) is 0 Å². The number of rotatable bonds is 6. The third-order valence-corrected chi connectivity index (χ3v) is 3.96. The highest BCUT2D eigenvalue weighted by Gasteiger charge is 2.21. The molecular weight excluding hydrogens is 313 g/mol.